The van der Waals surface area contributed by atoms with Gasteiger partial charge in [-0.05, 0) is 54.8 Å². The SMILES string of the molecule is CCOc1ccc(/C=N/Nc2nnc(SCc3ccccc3C)n2N)cc1. The zero-order valence-electron chi connectivity index (χ0n) is 15.3. The number of ether oxygens (including phenoxy) is 1. The number of nitrogen functional groups attached to an aromatic ring is 1. The number of aromatic nitrogens is 3. The summed E-state index contributed by atoms with van der Waals surface area (Å²) in [5.74, 6) is 8.04. The summed E-state index contributed by atoms with van der Waals surface area (Å²) in [5, 5.41) is 12.9. The van der Waals surface area contributed by atoms with Crippen molar-refractivity contribution in [3.05, 3.63) is 65.2 Å². The van der Waals surface area contributed by atoms with Crippen LogP contribution in [0.25, 0.3) is 0 Å². The van der Waals surface area contributed by atoms with E-state index in [9.17, 15) is 0 Å². The number of benzene rings is 2. The van der Waals surface area contributed by atoms with E-state index >= 15 is 0 Å². The monoisotopic (exact) mass is 382 g/mol. The highest BCUT2D eigenvalue weighted by Gasteiger charge is 2.10. The van der Waals surface area contributed by atoms with Crippen molar-refractivity contribution in [1.29, 1.82) is 0 Å². The normalized spacial score (nSPS) is 11.0. The Kier molecular flexibility index (Phi) is 6.32. The topological polar surface area (TPSA) is 90.3 Å². The molecule has 0 atom stereocenters. The third-order valence-corrected chi connectivity index (χ3v) is 4.84. The van der Waals surface area contributed by atoms with Crippen LogP contribution in [0.2, 0.25) is 0 Å². The van der Waals surface area contributed by atoms with Crippen molar-refractivity contribution < 1.29 is 4.74 Å². The molecular weight excluding hydrogens is 360 g/mol. The molecular formula is C19H22N6OS. The molecule has 0 bridgehead atoms. The van der Waals surface area contributed by atoms with Crippen LogP contribution < -0.4 is 16.0 Å². The fourth-order valence-corrected chi connectivity index (χ4v) is 3.28. The minimum absolute atomic E-state index is 0.379. The van der Waals surface area contributed by atoms with Crippen molar-refractivity contribution in [3.63, 3.8) is 0 Å². The second-order valence-corrected chi connectivity index (χ2v) is 6.71. The third kappa shape index (κ3) is 5.01. The second-order valence-electron chi connectivity index (χ2n) is 5.76. The van der Waals surface area contributed by atoms with Crippen molar-refractivity contribution in [2.24, 2.45) is 5.10 Å². The summed E-state index contributed by atoms with van der Waals surface area (Å²) in [5.41, 5.74) is 6.24. The quantitative estimate of drug-likeness (QED) is 0.268. The maximum atomic E-state index is 6.06. The van der Waals surface area contributed by atoms with Crippen LogP contribution >= 0.6 is 11.8 Å². The molecule has 0 unspecified atom stereocenters. The van der Waals surface area contributed by atoms with Crippen molar-refractivity contribution in [2.75, 3.05) is 17.9 Å². The van der Waals surface area contributed by atoms with E-state index in [-0.39, 0.29) is 0 Å². The summed E-state index contributed by atoms with van der Waals surface area (Å²) in [4.78, 5) is 0. The zero-order chi connectivity index (χ0) is 19.1. The van der Waals surface area contributed by atoms with Crippen LogP contribution in [-0.2, 0) is 5.75 Å². The molecule has 0 aliphatic rings. The van der Waals surface area contributed by atoms with Gasteiger partial charge < -0.3 is 10.6 Å². The predicted octanol–water partition coefficient (Wildman–Crippen LogP) is 3.44. The van der Waals surface area contributed by atoms with Gasteiger partial charge in [0.1, 0.15) is 5.75 Å². The molecule has 140 valence electrons. The molecule has 0 fully saturated rings. The molecule has 3 aromatic rings. The molecule has 0 spiro atoms. The lowest BCUT2D eigenvalue weighted by molar-refractivity contribution is 0.340. The Labute approximate surface area is 162 Å². The van der Waals surface area contributed by atoms with Crippen LogP contribution in [0.4, 0.5) is 5.95 Å². The van der Waals surface area contributed by atoms with E-state index in [1.54, 1.807) is 6.21 Å². The van der Waals surface area contributed by atoms with E-state index in [0.29, 0.717) is 17.7 Å². The van der Waals surface area contributed by atoms with E-state index < -0.39 is 0 Å². The number of hydrogen-bond acceptors (Lipinski definition) is 7. The number of thioether (sulfide) groups is 1. The minimum Gasteiger partial charge on any atom is -0.494 e. The maximum Gasteiger partial charge on any atom is 0.264 e. The summed E-state index contributed by atoms with van der Waals surface area (Å²) in [7, 11) is 0. The Bertz CT molecular complexity index is 907. The van der Waals surface area contributed by atoms with Crippen LogP contribution in [0.3, 0.4) is 0 Å². The summed E-state index contributed by atoms with van der Waals surface area (Å²) in [6, 6.07) is 15.9. The average molecular weight is 382 g/mol. The van der Waals surface area contributed by atoms with Gasteiger partial charge in [0.15, 0.2) is 0 Å². The molecule has 0 aliphatic heterocycles. The number of nitrogens with one attached hydrogen (secondary N) is 1. The van der Waals surface area contributed by atoms with E-state index in [1.807, 2.05) is 43.3 Å². The Balaban J connectivity index is 1.57. The third-order valence-electron chi connectivity index (χ3n) is 3.85. The van der Waals surface area contributed by atoms with Crippen molar-refractivity contribution in [3.8, 4) is 5.75 Å². The fraction of sp³-hybridized carbons (Fsp3) is 0.211. The minimum atomic E-state index is 0.379. The largest absolute Gasteiger partial charge is 0.494 e. The van der Waals surface area contributed by atoms with Crippen molar-refractivity contribution >= 4 is 23.9 Å². The van der Waals surface area contributed by atoms with Gasteiger partial charge >= 0.3 is 0 Å². The van der Waals surface area contributed by atoms with Crippen LogP contribution in [0, 0.1) is 6.92 Å². The molecule has 3 N–H and O–H groups in total. The van der Waals surface area contributed by atoms with E-state index in [4.69, 9.17) is 10.6 Å². The summed E-state index contributed by atoms with van der Waals surface area (Å²) < 4.78 is 6.82. The molecule has 1 heterocycles. The number of nitrogens with zero attached hydrogens (tertiary/aromatic N) is 4. The first-order valence-corrected chi connectivity index (χ1v) is 9.55. The standard InChI is InChI=1S/C19H22N6OS/c1-3-26-17-10-8-15(9-11-17)12-21-22-18-23-24-19(25(18)20)27-13-16-7-5-4-6-14(16)2/h4-12H,3,13,20H2,1-2H3,(H,22,23)/b21-12+. The van der Waals surface area contributed by atoms with Gasteiger partial charge in [0.25, 0.3) is 5.95 Å². The maximum absolute atomic E-state index is 6.06. The van der Waals surface area contributed by atoms with Crippen molar-refractivity contribution in [1.82, 2.24) is 14.9 Å². The number of aryl methyl sites for hydroxylation is 1. The summed E-state index contributed by atoms with van der Waals surface area (Å²) in [6.45, 7) is 4.69. The lowest BCUT2D eigenvalue weighted by atomic mass is 10.1. The molecule has 0 aliphatic carbocycles. The van der Waals surface area contributed by atoms with Crippen LogP contribution in [0.1, 0.15) is 23.6 Å². The highest BCUT2D eigenvalue weighted by molar-refractivity contribution is 7.98. The molecule has 7 nitrogen and oxygen atoms in total. The van der Waals surface area contributed by atoms with Crippen LogP contribution in [0.5, 0.6) is 5.75 Å². The van der Waals surface area contributed by atoms with E-state index in [1.165, 1.54) is 27.6 Å². The molecule has 0 saturated carbocycles. The number of rotatable bonds is 8. The van der Waals surface area contributed by atoms with Gasteiger partial charge in [0.2, 0.25) is 5.16 Å². The molecule has 3 rings (SSSR count). The van der Waals surface area contributed by atoms with Gasteiger partial charge in [-0.3, -0.25) is 0 Å². The van der Waals surface area contributed by atoms with E-state index in [0.717, 1.165) is 17.1 Å². The second kappa shape index (κ2) is 9.09. The molecule has 1 aromatic heterocycles. The highest BCUT2D eigenvalue weighted by atomic mass is 32.2. The van der Waals surface area contributed by atoms with Crippen LogP contribution in [-0.4, -0.2) is 27.7 Å². The predicted molar refractivity (Wildman–Crippen MR) is 110 cm³/mol. The van der Waals surface area contributed by atoms with Gasteiger partial charge in [-0.1, -0.05) is 36.0 Å². The van der Waals surface area contributed by atoms with Gasteiger partial charge in [0, 0.05) is 5.75 Å². The molecule has 27 heavy (non-hydrogen) atoms. The Morgan fingerprint density at radius 3 is 2.70 bits per heavy atom. The summed E-state index contributed by atoms with van der Waals surface area (Å²) in [6.07, 6.45) is 1.69. The Morgan fingerprint density at radius 1 is 1.19 bits per heavy atom. The molecule has 0 saturated heterocycles. The lowest BCUT2D eigenvalue weighted by Crippen LogP contribution is -2.13. The molecule has 0 amide bonds. The molecule has 8 heteroatoms. The first-order valence-electron chi connectivity index (χ1n) is 8.57. The smallest absolute Gasteiger partial charge is 0.264 e. The van der Waals surface area contributed by atoms with Crippen LogP contribution in [0.15, 0.2) is 58.8 Å². The summed E-state index contributed by atoms with van der Waals surface area (Å²) >= 11 is 1.53. The van der Waals surface area contributed by atoms with Gasteiger partial charge in [-0.25, -0.2) is 10.1 Å². The lowest BCUT2D eigenvalue weighted by Gasteiger charge is -2.05. The number of hydrogen-bond donors (Lipinski definition) is 2. The van der Waals surface area contributed by atoms with Gasteiger partial charge in [-0.15, -0.1) is 10.2 Å². The number of anilines is 1. The fourth-order valence-electron chi connectivity index (χ4n) is 2.35. The molecule has 0 radical (unpaired) electrons. The Hall–Kier alpha value is -3.00. The Morgan fingerprint density at radius 2 is 1.96 bits per heavy atom. The van der Waals surface area contributed by atoms with Gasteiger partial charge in [0.05, 0.1) is 12.8 Å². The first kappa shape index (κ1) is 18.8. The number of nitrogens with two attached hydrogens (primary N) is 1. The zero-order valence-corrected chi connectivity index (χ0v) is 16.1. The van der Waals surface area contributed by atoms with Crippen molar-refractivity contribution in [2.45, 2.75) is 24.8 Å². The molecule has 2 aromatic carbocycles. The average Bonchev–Trinajstić information content (AvgIpc) is 3.03. The first-order chi connectivity index (χ1) is 13.2. The van der Waals surface area contributed by atoms with Gasteiger partial charge in [-0.2, -0.15) is 5.10 Å². The number of hydrazone groups is 1. The highest BCUT2D eigenvalue weighted by Crippen LogP contribution is 2.23. The van der Waals surface area contributed by atoms with E-state index in [2.05, 4.69) is 39.8 Å².